The third-order valence-corrected chi connectivity index (χ3v) is 3.98. The molecular weight excluding hydrogens is 252 g/mol. The number of nitrogens with one attached hydrogen (secondary N) is 2. The summed E-state index contributed by atoms with van der Waals surface area (Å²) < 4.78 is 5.35. The Hall–Kier alpha value is -1.39. The lowest BCUT2D eigenvalue weighted by atomic mass is 10.0. The van der Waals surface area contributed by atoms with E-state index in [1.165, 1.54) is 10.5 Å². The van der Waals surface area contributed by atoms with E-state index in [0.29, 0.717) is 5.92 Å². The summed E-state index contributed by atoms with van der Waals surface area (Å²) in [6, 6.07) is 8.00. The predicted molar refractivity (Wildman–Crippen MR) is 80.1 cm³/mol. The number of amides is 1. The molecule has 1 aromatic carbocycles. The second kappa shape index (κ2) is 6.86. The van der Waals surface area contributed by atoms with Gasteiger partial charge in [0.1, 0.15) is 13.1 Å². The van der Waals surface area contributed by atoms with Gasteiger partial charge >= 0.3 is 0 Å². The third-order valence-electron chi connectivity index (χ3n) is 3.98. The summed E-state index contributed by atoms with van der Waals surface area (Å²) >= 11 is 0. The van der Waals surface area contributed by atoms with Crippen LogP contribution in [0.4, 0.5) is 5.69 Å². The Morgan fingerprint density at radius 2 is 1.85 bits per heavy atom. The van der Waals surface area contributed by atoms with E-state index in [-0.39, 0.29) is 11.9 Å². The minimum absolute atomic E-state index is 0.0425. The van der Waals surface area contributed by atoms with Gasteiger partial charge in [0.2, 0.25) is 0 Å². The zero-order valence-corrected chi connectivity index (χ0v) is 12.6. The molecule has 0 saturated carbocycles. The molecule has 1 aromatic rings. The number of hydrogen-bond acceptors (Lipinski definition) is 2. The molecule has 4 heteroatoms. The third kappa shape index (κ3) is 3.58. The van der Waals surface area contributed by atoms with Gasteiger partial charge in [0.25, 0.3) is 5.91 Å². The summed E-state index contributed by atoms with van der Waals surface area (Å²) in [6.45, 7) is 9.57. The number of para-hydroxylation sites is 1. The monoisotopic (exact) mass is 277 g/mol. The minimum Gasteiger partial charge on any atom is -0.370 e. The lowest BCUT2D eigenvalue weighted by Crippen LogP contribution is -3.18. The highest BCUT2D eigenvalue weighted by atomic mass is 16.5. The van der Waals surface area contributed by atoms with Crippen molar-refractivity contribution in [2.45, 2.75) is 32.7 Å². The number of rotatable bonds is 4. The molecule has 1 atom stereocenters. The van der Waals surface area contributed by atoms with E-state index >= 15 is 0 Å². The SMILES string of the molecule is CC(C)c1ccccc1NC(=O)[C@H](C)[NH+]1CCOCC1. The van der Waals surface area contributed by atoms with Gasteiger partial charge in [-0.15, -0.1) is 0 Å². The molecule has 4 nitrogen and oxygen atoms in total. The number of anilines is 1. The molecule has 1 amide bonds. The first-order valence-electron chi connectivity index (χ1n) is 7.41. The maximum absolute atomic E-state index is 12.4. The first-order chi connectivity index (χ1) is 9.59. The lowest BCUT2D eigenvalue weighted by molar-refractivity contribution is -0.921. The Morgan fingerprint density at radius 3 is 2.50 bits per heavy atom. The van der Waals surface area contributed by atoms with Gasteiger partial charge in [0, 0.05) is 5.69 Å². The molecule has 0 aromatic heterocycles. The molecule has 0 aliphatic carbocycles. The van der Waals surface area contributed by atoms with Crippen LogP contribution in [0.3, 0.4) is 0 Å². The highest BCUT2D eigenvalue weighted by molar-refractivity contribution is 5.94. The molecule has 0 spiro atoms. The van der Waals surface area contributed by atoms with Gasteiger partial charge in [-0.2, -0.15) is 0 Å². The summed E-state index contributed by atoms with van der Waals surface area (Å²) in [4.78, 5) is 13.7. The van der Waals surface area contributed by atoms with Crippen LogP contribution in [-0.4, -0.2) is 38.3 Å². The van der Waals surface area contributed by atoms with Crippen molar-refractivity contribution in [2.75, 3.05) is 31.6 Å². The number of carbonyl (C=O) groups is 1. The summed E-state index contributed by atoms with van der Waals surface area (Å²) in [6.07, 6.45) is 0. The van der Waals surface area contributed by atoms with Crippen LogP contribution in [0.1, 0.15) is 32.3 Å². The van der Waals surface area contributed by atoms with Crippen LogP contribution in [0.2, 0.25) is 0 Å². The molecule has 1 aliphatic rings. The van der Waals surface area contributed by atoms with Crippen LogP contribution in [0.25, 0.3) is 0 Å². The number of carbonyl (C=O) groups excluding carboxylic acids is 1. The summed E-state index contributed by atoms with van der Waals surface area (Å²) in [5.74, 6) is 0.493. The van der Waals surface area contributed by atoms with Crippen molar-refractivity contribution >= 4 is 11.6 Å². The number of benzene rings is 1. The maximum atomic E-state index is 12.4. The molecule has 1 heterocycles. The zero-order valence-electron chi connectivity index (χ0n) is 12.6. The van der Waals surface area contributed by atoms with E-state index < -0.39 is 0 Å². The average Bonchev–Trinajstić information content (AvgIpc) is 2.47. The second-order valence-electron chi connectivity index (χ2n) is 5.72. The summed E-state index contributed by atoms with van der Waals surface area (Å²) in [7, 11) is 0. The maximum Gasteiger partial charge on any atom is 0.282 e. The van der Waals surface area contributed by atoms with Crippen LogP contribution < -0.4 is 10.2 Å². The first-order valence-corrected chi connectivity index (χ1v) is 7.41. The van der Waals surface area contributed by atoms with Crippen molar-refractivity contribution in [3.8, 4) is 0 Å². The molecule has 20 heavy (non-hydrogen) atoms. The number of morpholine rings is 1. The van der Waals surface area contributed by atoms with Crippen molar-refractivity contribution < 1.29 is 14.4 Å². The molecule has 1 fully saturated rings. The molecule has 110 valence electrons. The smallest absolute Gasteiger partial charge is 0.282 e. The Labute approximate surface area is 121 Å². The molecule has 1 saturated heterocycles. The largest absolute Gasteiger partial charge is 0.370 e. The van der Waals surface area contributed by atoms with Crippen LogP contribution >= 0.6 is 0 Å². The number of quaternary nitrogens is 1. The van der Waals surface area contributed by atoms with Gasteiger partial charge in [0.05, 0.1) is 13.2 Å². The van der Waals surface area contributed by atoms with Crippen LogP contribution in [0, 0.1) is 0 Å². The van der Waals surface area contributed by atoms with Crippen molar-refractivity contribution in [2.24, 2.45) is 0 Å². The highest BCUT2D eigenvalue weighted by Crippen LogP contribution is 2.23. The van der Waals surface area contributed by atoms with Gasteiger partial charge in [0.15, 0.2) is 6.04 Å². The first kappa shape index (κ1) is 15.0. The normalized spacial score (nSPS) is 18.0. The van der Waals surface area contributed by atoms with Crippen LogP contribution in [-0.2, 0) is 9.53 Å². The van der Waals surface area contributed by atoms with E-state index in [1.807, 2.05) is 25.1 Å². The standard InChI is InChI=1S/C16H24N2O2/c1-12(2)14-6-4-5-7-15(14)17-16(19)13(3)18-8-10-20-11-9-18/h4-7,12-13H,8-11H2,1-3H3,(H,17,19)/p+1/t13-/m0/s1. The minimum atomic E-state index is -0.0425. The summed E-state index contributed by atoms with van der Waals surface area (Å²) in [5.41, 5.74) is 2.12. The van der Waals surface area contributed by atoms with E-state index in [9.17, 15) is 4.79 Å². The Bertz CT molecular complexity index is 454. The molecule has 1 aliphatic heterocycles. The van der Waals surface area contributed by atoms with Gasteiger partial charge in [-0.1, -0.05) is 32.0 Å². The van der Waals surface area contributed by atoms with Crippen LogP contribution in [0.5, 0.6) is 0 Å². The Balaban J connectivity index is 2.03. The second-order valence-corrected chi connectivity index (χ2v) is 5.72. The molecule has 2 rings (SSSR count). The van der Waals surface area contributed by atoms with E-state index in [1.54, 1.807) is 0 Å². The average molecular weight is 277 g/mol. The molecule has 0 radical (unpaired) electrons. The van der Waals surface area contributed by atoms with Crippen molar-refractivity contribution in [1.82, 2.24) is 0 Å². The summed E-state index contributed by atoms with van der Waals surface area (Å²) in [5, 5.41) is 3.09. The fourth-order valence-corrected chi connectivity index (χ4v) is 2.61. The number of ether oxygens (including phenoxy) is 1. The highest BCUT2D eigenvalue weighted by Gasteiger charge is 2.27. The fraction of sp³-hybridized carbons (Fsp3) is 0.562. The molecular formula is C16H25N2O2+. The van der Waals surface area contributed by atoms with Crippen LogP contribution in [0.15, 0.2) is 24.3 Å². The van der Waals surface area contributed by atoms with Crippen molar-refractivity contribution in [1.29, 1.82) is 0 Å². The fourth-order valence-electron chi connectivity index (χ4n) is 2.61. The molecule has 2 N–H and O–H groups in total. The van der Waals surface area contributed by atoms with E-state index in [4.69, 9.17) is 4.74 Å². The van der Waals surface area contributed by atoms with Crippen molar-refractivity contribution in [3.63, 3.8) is 0 Å². The molecule has 0 bridgehead atoms. The van der Waals surface area contributed by atoms with Gasteiger partial charge in [-0.25, -0.2) is 0 Å². The van der Waals surface area contributed by atoms with E-state index in [0.717, 1.165) is 32.0 Å². The predicted octanol–water partition coefficient (Wildman–Crippen LogP) is 1.05. The van der Waals surface area contributed by atoms with E-state index in [2.05, 4.69) is 25.2 Å². The quantitative estimate of drug-likeness (QED) is 0.864. The lowest BCUT2D eigenvalue weighted by Gasteiger charge is -2.28. The van der Waals surface area contributed by atoms with Crippen molar-refractivity contribution in [3.05, 3.63) is 29.8 Å². The van der Waals surface area contributed by atoms with Gasteiger partial charge in [-0.3, -0.25) is 4.79 Å². The van der Waals surface area contributed by atoms with Gasteiger partial charge in [-0.05, 0) is 24.5 Å². The van der Waals surface area contributed by atoms with Gasteiger partial charge < -0.3 is 15.0 Å². The topological polar surface area (TPSA) is 42.8 Å². The zero-order chi connectivity index (χ0) is 14.5. The Kier molecular flexibility index (Phi) is 5.15. The molecule has 0 unspecified atom stereocenters. The Morgan fingerprint density at radius 1 is 1.20 bits per heavy atom. The number of hydrogen-bond donors (Lipinski definition) is 2.